The lowest BCUT2D eigenvalue weighted by Crippen LogP contribution is -2.54. The van der Waals surface area contributed by atoms with Crippen LogP contribution in [0.2, 0.25) is 0 Å². The number of anilines is 1. The van der Waals surface area contributed by atoms with Gasteiger partial charge in [0.1, 0.15) is 5.84 Å². The van der Waals surface area contributed by atoms with E-state index in [9.17, 15) is 14.4 Å². The van der Waals surface area contributed by atoms with Crippen LogP contribution in [-0.4, -0.2) is 86.5 Å². The van der Waals surface area contributed by atoms with Crippen LogP contribution in [0.5, 0.6) is 0 Å². The predicted octanol–water partition coefficient (Wildman–Crippen LogP) is 1.41. The monoisotopic (exact) mass is 494 g/mol. The number of amides is 3. The number of halogens is 1. The van der Waals surface area contributed by atoms with E-state index >= 15 is 0 Å². The Morgan fingerprint density at radius 1 is 1.06 bits per heavy atom. The highest BCUT2D eigenvalue weighted by atomic mass is 35.5. The van der Waals surface area contributed by atoms with Gasteiger partial charge in [-0.15, -0.1) is 12.4 Å². The summed E-state index contributed by atoms with van der Waals surface area (Å²) in [5, 5.41) is 10.6. The predicted molar refractivity (Wildman–Crippen MR) is 132 cm³/mol. The van der Waals surface area contributed by atoms with Crippen molar-refractivity contribution in [3.63, 3.8) is 0 Å². The van der Waals surface area contributed by atoms with Gasteiger partial charge < -0.3 is 30.5 Å². The van der Waals surface area contributed by atoms with Crippen LogP contribution in [-0.2, 0) is 14.3 Å². The molecule has 0 radical (unpaired) electrons. The number of hydrogen-bond acceptors (Lipinski definition) is 6. The summed E-state index contributed by atoms with van der Waals surface area (Å²) in [6.07, 6.45) is 2.72. The van der Waals surface area contributed by atoms with Crippen LogP contribution < -0.4 is 16.0 Å². The third-order valence-electron chi connectivity index (χ3n) is 6.34. The minimum Gasteiger partial charge on any atom is -0.455 e. The summed E-state index contributed by atoms with van der Waals surface area (Å²) in [5.41, 5.74) is 7.26. The molecule has 34 heavy (non-hydrogen) atoms. The first-order chi connectivity index (χ1) is 15.7. The molecule has 1 aliphatic carbocycles. The van der Waals surface area contributed by atoms with Crippen LogP contribution in [0, 0.1) is 11.3 Å². The topological polar surface area (TPSA) is 132 Å². The Hall–Kier alpha value is -3.01. The lowest BCUT2D eigenvalue weighted by molar-refractivity contribution is -0.155. The molecular formula is C23H35ClN6O4. The molecule has 0 aromatic heterocycles. The highest BCUT2D eigenvalue weighted by Crippen LogP contribution is 2.26. The average Bonchev–Trinajstić information content (AvgIpc) is 2.82. The number of nitrogens with two attached hydrogens (primary N) is 1. The number of carbonyl (C=O) groups is 3. The molecule has 2 fully saturated rings. The number of esters is 1. The number of nitrogen functional groups attached to an aromatic ring is 1. The van der Waals surface area contributed by atoms with E-state index in [1.165, 1.54) is 4.90 Å². The molecule has 188 valence electrons. The number of likely N-dealkylation sites (N-methyl/N-ethyl adjacent to an activating group) is 1. The Labute approximate surface area is 206 Å². The number of nitrogens with zero attached hydrogens (tertiary/aromatic N) is 3. The first-order valence-electron chi connectivity index (χ1n) is 11.4. The van der Waals surface area contributed by atoms with Gasteiger partial charge in [-0.2, -0.15) is 0 Å². The van der Waals surface area contributed by atoms with Gasteiger partial charge in [0.15, 0.2) is 6.61 Å². The van der Waals surface area contributed by atoms with Gasteiger partial charge in [-0.05, 0) is 49.9 Å². The molecule has 1 aliphatic heterocycles. The molecule has 3 rings (SSSR count). The van der Waals surface area contributed by atoms with Crippen molar-refractivity contribution >= 4 is 41.8 Å². The van der Waals surface area contributed by atoms with Crippen molar-refractivity contribution in [1.29, 1.82) is 5.41 Å². The molecule has 1 heterocycles. The van der Waals surface area contributed by atoms with Gasteiger partial charge in [0.25, 0.3) is 5.91 Å². The van der Waals surface area contributed by atoms with Crippen LogP contribution in [0.4, 0.5) is 10.5 Å². The van der Waals surface area contributed by atoms with Crippen LogP contribution in [0.1, 0.15) is 31.2 Å². The van der Waals surface area contributed by atoms with E-state index in [4.69, 9.17) is 15.9 Å². The van der Waals surface area contributed by atoms with Crippen molar-refractivity contribution in [3.05, 3.63) is 29.8 Å². The zero-order valence-corrected chi connectivity index (χ0v) is 20.6. The van der Waals surface area contributed by atoms with Crippen molar-refractivity contribution in [2.75, 3.05) is 51.8 Å². The van der Waals surface area contributed by atoms with Crippen molar-refractivity contribution in [2.45, 2.75) is 31.7 Å². The number of nitrogens with one attached hydrogen (secondary N) is 2. The molecule has 10 nitrogen and oxygen atoms in total. The van der Waals surface area contributed by atoms with Crippen molar-refractivity contribution in [2.24, 2.45) is 11.7 Å². The number of benzene rings is 1. The summed E-state index contributed by atoms with van der Waals surface area (Å²) in [7, 11) is 3.24. The number of urea groups is 1. The van der Waals surface area contributed by atoms with E-state index in [-0.39, 0.29) is 54.7 Å². The van der Waals surface area contributed by atoms with E-state index in [1.807, 2.05) is 29.2 Å². The average molecular weight is 495 g/mol. The number of ether oxygens (including phenoxy) is 1. The summed E-state index contributed by atoms with van der Waals surface area (Å²) in [6.45, 7) is 2.49. The van der Waals surface area contributed by atoms with Crippen LogP contribution >= 0.6 is 12.4 Å². The summed E-state index contributed by atoms with van der Waals surface area (Å²) in [4.78, 5) is 41.9. The maximum atomic E-state index is 12.7. The van der Waals surface area contributed by atoms with E-state index in [0.29, 0.717) is 31.5 Å². The van der Waals surface area contributed by atoms with Crippen molar-refractivity contribution < 1.29 is 19.1 Å². The summed E-state index contributed by atoms with van der Waals surface area (Å²) >= 11 is 0. The van der Waals surface area contributed by atoms with Crippen LogP contribution in [0.15, 0.2) is 24.3 Å². The minimum atomic E-state index is -0.331. The second-order valence-corrected chi connectivity index (χ2v) is 8.83. The Bertz CT molecular complexity index is 863. The van der Waals surface area contributed by atoms with Gasteiger partial charge >= 0.3 is 12.0 Å². The molecule has 0 bridgehead atoms. The van der Waals surface area contributed by atoms with Crippen molar-refractivity contribution in [3.8, 4) is 0 Å². The number of rotatable bonds is 6. The molecule has 1 saturated carbocycles. The zero-order valence-electron chi connectivity index (χ0n) is 19.8. The highest BCUT2D eigenvalue weighted by molar-refractivity contribution is 5.95. The second kappa shape index (κ2) is 12.5. The summed E-state index contributed by atoms with van der Waals surface area (Å²) < 4.78 is 5.13. The van der Waals surface area contributed by atoms with Gasteiger partial charge in [0, 0.05) is 57.6 Å². The molecule has 4 N–H and O–H groups in total. The summed E-state index contributed by atoms with van der Waals surface area (Å²) in [5.74, 6) is -0.737. The smallest absolute Gasteiger partial charge is 0.317 e. The lowest BCUT2D eigenvalue weighted by atomic mass is 9.86. The fraction of sp³-hybridized carbons (Fsp3) is 0.565. The number of amidine groups is 1. The number of hydrogen-bond donors (Lipinski definition) is 3. The molecular weight excluding hydrogens is 460 g/mol. The lowest BCUT2D eigenvalue weighted by Gasteiger charge is -2.37. The zero-order chi connectivity index (χ0) is 24.0. The molecule has 2 aliphatic rings. The maximum Gasteiger partial charge on any atom is 0.317 e. The standard InChI is InChI=1S/C23H34N6O4.ClH/c1-27(2)20(30)15-33-22(31)17-3-7-18(8-4-17)26-23(32)29-13-11-28(12-14-29)19-9-5-16(6-10-19)21(24)25;/h5-6,9-10,17-18H,3-4,7-8,11-15H2,1-2H3,(H3,24,25)(H,26,32);1H/t17-,18-;. The van der Waals surface area contributed by atoms with E-state index in [2.05, 4.69) is 10.2 Å². The van der Waals surface area contributed by atoms with Gasteiger partial charge in [-0.25, -0.2) is 4.79 Å². The molecule has 1 aromatic rings. The highest BCUT2D eigenvalue weighted by Gasteiger charge is 2.30. The fourth-order valence-electron chi connectivity index (χ4n) is 4.14. The molecule has 1 aromatic carbocycles. The maximum absolute atomic E-state index is 12.7. The first-order valence-corrected chi connectivity index (χ1v) is 11.4. The van der Waals surface area contributed by atoms with Gasteiger partial charge in [-0.1, -0.05) is 0 Å². The van der Waals surface area contributed by atoms with Gasteiger partial charge in [0.2, 0.25) is 0 Å². The summed E-state index contributed by atoms with van der Waals surface area (Å²) in [6, 6.07) is 7.55. The van der Waals surface area contributed by atoms with E-state index < -0.39 is 0 Å². The molecule has 0 spiro atoms. The van der Waals surface area contributed by atoms with Crippen molar-refractivity contribution in [1.82, 2.24) is 15.1 Å². The van der Waals surface area contributed by atoms with Crippen LogP contribution in [0.25, 0.3) is 0 Å². The molecule has 1 saturated heterocycles. The van der Waals surface area contributed by atoms with Gasteiger partial charge in [0.05, 0.1) is 5.92 Å². The van der Waals surface area contributed by atoms with Gasteiger partial charge in [-0.3, -0.25) is 15.0 Å². The SMILES string of the molecule is CN(C)C(=O)COC(=O)[C@H]1CC[C@H](NC(=O)N2CCN(c3ccc(C(=N)N)cc3)CC2)CC1.Cl. The Morgan fingerprint density at radius 3 is 2.18 bits per heavy atom. The van der Waals surface area contributed by atoms with E-state index in [0.717, 1.165) is 31.6 Å². The normalized spacial score (nSPS) is 20.1. The Morgan fingerprint density at radius 2 is 1.65 bits per heavy atom. The second-order valence-electron chi connectivity index (χ2n) is 8.83. The Kier molecular flexibility index (Phi) is 9.97. The van der Waals surface area contributed by atoms with E-state index in [1.54, 1.807) is 14.1 Å². The minimum absolute atomic E-state index is 0. The molecule has 0 atom stereocenters. The first kappa shape index (κ1) is 27.2. The molecule has 11 heteroatoms. The fourth-order valence-corrected chi connectivity index (χ4v) is 4.14. The largest absolute Gasteiger partial charge is 0.455 e. The van der Waals surface area contributed by atoms with Crippen LogP contribution in [0.3, 0.4) is 0 Å². The third kappa shape index (κ3) is 7.24. The Balaban J connectivity index is 0.00000408. The number of piperazine rings is 1. The molecule has 3 amide bonds. The third-order valence-corrected chi connectivity index (χ3v) is 6.34. The quantitative estimate of drug-likeness (QED) is 0.311. The number of carbonyl (C=O) groups excluding carboxylic acids is 3. The molecule has 0 unspecified atom stereocenters.